The molecule has 0 unspecified atom stereocenters. The molecule has 7 nitrogen and oxygen atoms in total. The first kappa shape index (κ1) is 19.2. The summed E-state index contributed by atoms with van der Waals surface area (Å²) >= 11 is 0. The lowest BCUT2D eigenvalue weighted by atomic mass is 9.57. The Balaban J connectivity index is 1.68. The lowest BCUT2D eigenvalue weighted by Crippen LogP contribution is -2.50. The van der Waals surface area contributed by atoms with Crippen LogP contribution in [0.5, 0.6) is 0 Å². The third-order valence-electron chi connectivity index (χ3n) is 6.38. The maximum atomic E-state index is 12.7. The lowest BCUT2D eigenvalue weighted by molar-refractivity contribution is -0.147. The van der Waals surface area contributed by atoms with Crippen LogP contribution in [-0.2, 0) is 19.1 Å². The molecular weight excluding hydrogens is 340 g/mol. The van der Waals surface area contributed by atoms with Crippen molar-refractivity contribution in [2.24, 2.45) is 11.3 Å². The van der Waals surface area contributed by atoms with E-state index in [9.17, 15) is 19.8 Å². The first-order chi connectivity index (χ1) is 12.2. The highest BCUT2D eigenvalue weighted by atomic mass is 16.6. The van der Waals surface area contributed by atoms with E-state index in [-0.39, 0.29) is 37.4 Å². The van der Waals surface area contributed by atoms with E-state index in [0.29, 0.717) is 18.4 Å². The molecule has 3 aliphatic rings. The van der Waals surface area contributed by atoms with Crippen molar-refractivity contribution in [3.63, 3.8) is 0 Å². The number of hydrogen-bond acceptors (Lipinski definition) is 6. The van der Waals surface area contributed by atoms with Crippen LogP contribution >= 0.6 is 0 Å². The van der Waals surface area contributed by atoms with Crippen molar-refractivity contribution in [1.29, 1.82) is 0 Å². The molecule has 0 aromatic rings. The highest BCUT2D eigenvalue weighted by Crippen LogP contribution is 2.63. The fourth-order valence-corrected chi connectivity index (χ4v) is 4.36. The van der Waals surface area contributed by atoms with Crippen LogP contribution in [0.1, 0.15) is 33.1 Å². The average molecular weight is 366 g/mol. The molecule has 2 fully saturated rings. The number of carboxylic acid groups (broad SMARTS) is 1. The molecule has 0 aromatic heterocycles. The molecule has 6 atom stereocenters. The van der Waals surface area contributed by atoms with Gasteiger partial charge in [0.2, 0.25) is 0 Å². The van der Waals surface area contributed by atoms with E-state index in [1.807, 2.05) is 13.8 Å². The number of rotatable bonds is 7. The molecule has 7 heteroatoms. The number of ether oxygens (including phenoxy) is 2. The zero-order valence-electron chi connectivity index (χ0n) is 15.1. The standard InChI is InChI=1S/C19H26O7/c1-10(9-25-7-6-14(21)16(23)24)19-15(22)8-12-4-5-13(20)11(2)18(12,3)17(19)26-19/h8,11,13-14,17,20-21H,1,4-7,9H2,2-3H3,(H,23,24)/t11-,13+,14-,17+,18+,19-/m0/s1. The van der Waals surface area contributed by atoms with Crippen molar-refractivity contribution in [3.8, 4) is 0 Å². The highest BCUT2D eigenvalue weighted by molar-refractivity contribution is 6.04. The second-order valence-corrected chi connectivity index (χ2v) is 7.74. The van der Waals surface area contributed by atoms with E-state index in [0.717, 1.165) is 5.57 Å². The zero-order chi connectivity index (χ0) is 19.3. The summed E-state index contributed by atoms with van der Waals surface area (Å²) in [7, 11) is 0. The molecule has 2 aliphatic carbocycles. The second kappa shape index (κ2) is 6.56. The third-order valence-corrected chi connectivity index (χ3v) is 6.38. The van der Waals surface area contributed by atoms with Gasteiger partial charge >= 0.3 is 5.97 Å². The minimum Gasteiger partial charge on any atom is -0.479 e. The van der Waals surface area contributed by atoms with Crippen molar-refractivity contribution >= 4 is 11.8 Å². The summed E-state index contributed by atoms with van der Waals surface area (Å²) in [5.41, 5.74) is -0.0268. The van der Waals surface area contributed by atoms with Gasteiger partial charge in [0.05, 0.1) is 19.3 Å². The van der Waals surface area contributed by atoms with Crippen LogP contribution in [0.4, 0.5) is 0 Å². The smallest absolute Gasteiger partial charge is 0.332 e. The number of ketones is 1. The average Bonchev–Trinajstić information content (AvgIpc) is 3.36. The molecule has 0 radical (unpaired) electrons. The quantitative estimate of drug-likeness (QED) is 0.347. The Hall–Kier alpha value is -1.54. The topological polar surface area (TPSA) is 117 Å². The Bertz CT molecular complexity index is 669. The van der Waals surface area contributed by atoms with Crippen molar-refractivity contribution in [2.45, 2.75) is 57.0 Å². The van der Waals surface area contributed by atoms with E-state index in [2.05, 4.69) is 6.58 Å². The molecule has 0 amide bonds. The number of aliphatic carboxylic acids is 1. The number of aliphatic hydroxyl groups is 2. The molecular formula is C19H26O7. The Labute approximate surface area is 152 Å². The van der Waals surface area contributed by atoms with Crippen molar-refractivity contribution in [1.82, 2.24) is 0 Å². The summed E-state index contributed by atoms with van der Waals surface area (Å²) in [6.45, 7) is 8.06. The van der Waals surface area contributed by atoms with Crippen LogP contribution in [0.15, 0.2) is 23.8 Å². The van der Waals surface area contributed by atoms with Gasteiger partial charge in [-0.25, -0.2) is 4.79 Å². The molecule has 3 rings (SSSR count). The second-order valence-electron chi connectivity index (χ2n) is 7.74. The maximum Gasteiger partial charge on any atom is 0.332 e. The van der Waals surface area contributed by atoms with Gasteiger partial charge in [-0.05, 0) is 30.4 Å². The van der Waals surface area contributed by atoms with Gasteiger partial charge < -0.3 is 24.8 Å². The van der Waals surface area contributed by atoms with E-state index in [1.165, 1.54) is 0 Å². The van der Waals surface area contributed by atoms with Crippen molar-refractivity contribution < 1.29 is 34.4 Å². The third kappa shape index (κ3) is 2.74. The van der Waals surface area contributed by atoms with Crippen LogP contribution < -0.4 is 0 Å². The van der Waals surface area contributed by atoms with Gasteiger partial charge in [0, 0.05) is 11.8 Å². The highest BCUT2D eigenvalue weighted by Gasteiger charge is 2.74. The number of epoxide rings is 1. The Kier molecular flexibility index (Phi) is 4.85. The van der Waals surface area contributed by atoms with Gasteiger partial charge in [0.15, 0.2) is 17.5 Å². The lowest BCUT2D eigenvalue weighted by Gasteiger charge is -2.46. The number of aliphatic hydroxyl groups excluding tert-OH is 2. The monoisotopic (exact) mass is 366 g/mol. The Morgan fingerprint density at radius 1 is 1.54 bits per heavy atom. The summed E-state index contributed by atoms with van der Waals surface area (Å²) in [5, 5.41) is 28.2. The van der Waals surface area contributed by atoms with Crippen LogP contribution in [0.2, 0.25) is 0 Å². The van der Waals surface area contributed by atoms with Gasteiger partial charge in [-0.1, -0.05) is 26.0 Å². The molecule has 1 heterocycles. The van der Waals surface area contributed by atoms with Crippen molar-refractivity contribution in [2.75, 3.05) is 13.2 Å². The number of carbonyl (C=O) groups is 2. The summed E-state index contributed by atoms with van der Waals surface area (Å²) in [5.74, 6) is -1.48. The van der Waals surface area contributed by atoms with Crippen LogP contribution in [0.3, 0.4) is 0 Å². The number of carbonyl (C=O) groups excluding carboxylic acids is 1. The number of carboxylic acids is 1. The Morgan fingerprint density at radius 2 is 2.23 bits per heavy atom. The van der Waals surface area contributed by atoms with Gasteiger partial charge in [-0.15, -0.1) is 0 Å². The van der Waals surface area contributed by atoms with Gasteiger partial charge in [0.25, 0.3) is 0 Å². The first-order valence-electron chi connectivity index (χ1n) is 8.94. The molecule has 0 bridgehead atoms. The molecule has 3 N–H and O–H groups in total. The van der Waals surface area contributed by atoms with Crippen molar-refractivity contribution in [3.05, 3.63) is 23.8 Å². The van der Waals surface area contributed by atoms with E-state index >= 15 is 0 Å². The molecule has 1 saturated carbocycles. The van der Waals surface area contributed by atoms with Gasteiger partial charge in [-0.2, -0.15) is 0 Å². The summed E-state index contributed by atoms with van der Waals surface area (Å²) in [6.07, 6.45) is 0.647. The van der Waals surface area contributed by atoms with E-state index in [1.54, 1.807) is 6.08 Å². The SMILES string of the molecule is C=C(COCC[C@H](O)C(=O)O)[C@@]12O[C@@H]1[C@@]1(C)C(=CC2=O)CC[C@@H](O)[C@@H]1C. The summed E-state index contributed by atoms with van der Waals surface area (Å²) in [4.78, 5) is 23.3. The van der Waals surface area contributed by atoms with E-state index in [4.69, 9.17) is 14.6 Å². The largest absolute Gasteiger partial charge is 0.479 e. The van der Waals surface area contributed by atoms with E-state index < -0.39 is 29.2 Å². The molecule has 26 heavy (non-hydrogen) atoms. The van der Waals surface area contributed by atoms with Crippen LogP contribution in [-0.4, -0.2) is 64.2 Å². The predicted molar refractivity (Wildman–Crippen MR) is 91.4 cm³/mol. The van der Waals surface area contributed by atoms with Crippen LogP contribution in [0, 0.1) is 11.3 Å². The fourth-order valence-electron chi connectivity index (χ4n) is 4.36. The maximum absolute atomic E-state index is 12.7. The molecule has 1 aliphatic heterocycles. The zero-order valence-corrected chi connectivity index (χ0v) is 15.1. The fraction of sp³-hybridized carbons (Fsp3) is 0.684. The molecule has 144 valence electrons. The molecule has 0 aromatic carbocycles. The van der Waals surface area contributed by atoms with Gasteiger partial charge in [0.1, 0.15) is 6.10 Å². The van der Waals surface area contributed by atoms with Gasteiger partial charge in [-0.3, -0.25) is 4.79 Å². The van der Waals surface area contributed by atoms with Crippen LogP contribution in [0.25, 0.3) is 0 Å². The molecule has 1 saturated heterocycles. The number of fused-ring (bicyclic) bond motifs is 3. The summed E-state index contributed by atoms with van der Waals surface area (Å²) in [6, 6.07) is 0. The number of hydrogen-bond donors (Lipinski definition) is 3. The first-order valence-corrected chi connectivity index (χ1v) is 8.94. The minimum absolute atomic E-state index is 0.0366. The minimum atomic E-state index is -1.48. The summed E-state index contributed by atoms with van der Waals surface area (Å²) < 4.78 is 11.3. The molecule has 0 spiro atoms. The predicted octanol–water partition coefficient (Wildman–Crippen LogP) is 0.839. The Morgan fingerprint density at radius 3 is 2.88 bits per heavy atom. The normalized spacial score (nSPS) is 39.5.